The molecule has 1 N–H and O–H groups in total. The second-order valence-electron chi connectivity index (χ2n) is 5.77. The molecular formula is C12H21N3O3S. The average molecular weight is 287 g/mol. The molecule has 7 heteroatoms. The largest absolute Gasteiger partial charge is 0.340 e. The molecule has 0 bridgehead atoms. The van der Waals surface area contributed by atoms with Gasteiger partial charge in [-0.2, -0.15) is 0 Å². The van der Waals surface area contributed by atoms with Gasteiger partial charge in [0, 0.05) is 45.3 Å². The first-order chi connectivity index (χ1) is 9.05. The fourth-order valence-electron chi connectivity index (χ4n) is 3.09. The number of piperazine rings is 1. The highest BCUT2D eigenvalue weighted by molar-refractivity contribution is 7.91. The van der Waals surface area contributed by atoms with Crippen LogP contribution in [0, 0.1) is 5.92 Å². The van der Waals surface area contributed by atoms with Gasteiger partial charge in [0.1, 0.15) is 0 Å². The Bertz CT molecular complexity index is 453. The first-order valence-corrected chi connectivity index (χ1v) is 8.81. The van der Waals surface area contributed by atoms with Crippen LogP contribution in [0.1, 0.15) is 6.42 Å². The molecule has 3 aliphatic heterocycles. The Hall–Kier alpha value is -0.660. The minimum Gasteiger partial charge on any atom is -0.340 e. The van der Waals surface area contributed by atoms with Gasteiger partial charge < -0.3 is 10.2 Å². The number of nitrogens with one attached hydrogen (secondary N) is 1. The summed E-state index contributed by atoms with van der Waals surface area (Å²) < 4.78 is 22.9. The molecule has 1 atom stereocenters. The van der Waals surface area contributed by atoms with E-state index in [4.69, 9.17) is 0 Å². The fraction of sp³-hybridized carbons (Fsp3) is 0.917. The average Bonchev–Trinajstić information content (AvgIpc) is 2.68. The maximum atomic E-state index is 12.3. The van der Waals surface area contributed by atoms with Gasteiger partial charge in [-0.3, -0.25) is 9.69 Å². The first-order valence-electron chi connectivity index (χ1n) is 6.99. The smallest absolute Gasteiger partial charge is 0.226 e. The van der Waals surface area contributed by atoms with Crippen LogP contribution in [0.3, 0.4) is 0 Å². The third-order valence-corrected chi connectivity index (χ3v) is 6.25. The summed E-state index contributed by atoms with van der Waals surface area (Å²) >= 11 is 0. The number of hydrogen-bond donors (Lipinski definition) is 1. The van der Waals surface area contributed by atoms with Crippen molar-refractivity contribution in [2.75, 3.05) is 50.8 Å². The van der Waals surface area contributed by atoms with E-state index in [0.29, 0.717) is 12.5 Å². The van der Waals surface area contributed by atoms with Crippen LogP contribution >= 0.6 is 0 Å². The molecule has 1 amide bonds. The molecule has 3 aliphatic rings. The Morgan fingerprint density at radius 2 is 1.79 bits per heavy atom. The number of nitrogens with zero attached hydrogens (tertiary/aromatic N) is 2. The number of sulfone groups is 1. The van der Waals surface area contributed by atoms with Crippen molar-refractivity contribution in [3.63, 3.8) is 0 Å². The number of carbonyl (C=O) groups excluding carboxylic acids is 1. The Balaban J connectivity index is 1.52. The van der Waals surface area contributed by atoms with Gasteiger partial charge in [-0.15, -0.1) is 0 Å². The van der Waals surface area contributed by atoms with E-state index in [1.165, 1.54) is 0 Å². The summed E-state index contributed by atoms with van der Waals surface area (Å²) in [6.07, 6.45) is 0.508. The molecule has 0 radical (unpaired) electrons. The SMILES string of the molecule is O=C(C1CCS(=O)(=O)C1)N1CCN(C2CNC2)CC1. The summed E-state index contributed by atoms with van der Waals surface area (Å²) in [5.41, 5.74) is 0. The molecule has 0 aliphatic carbocycles. The van der Waals surface area contributed by atoms with Crippen LogP contribution in [0.25, 0.3) is 0 Å². The summed E-state index contributed by atoms with van der Waals surface area (Å²) in [5, 5.41) is 3.26. The van der Waals surface area contributed by atoms with E-state index < -0.39 is 9.84 Å². The highest BCUT2D eigenvalue weighted by Gasteiger charge is 2.37. The predicted octanol–water partition coefficient (Wildman–Crippen LogP) is -1.46. The van der Waals surface area contributed by atoms with Gasteiger partial charge in [0.15, 0.2) is 9.84 Å². The lowest BCUT2D eigenvalue weighted by Crippen LogP contribution is -2.62. The summed E-state index contributed by atoms with van der Waals surface area (Å²) in [4.78, 5) is 16.6. The van der Waals surface area contributed by atoms with Gasteiger partial charge in [0.2, 0.25) is 5.91 Å². The summed E-state index contributed by atoms with van der Waals surface area (Å²) in [6.45, 7) is 5.41. The van der Waals surface area contributed by atoms with Crippen molar-refractivity contribution in [1.29, 1.82) is 0 Å². The quantitative estimate of drug-likeness (QED) is 0.672. The van der Waals surface area contributed by atoms with Crippen molar-refractivity contribution in [1.82, 2.24) is 15.1 Å². The van der Waals surface area contributed by atoms with E-state index >= 15 is 0 Å². The molecular weight excluding hydrogens is 266 g/mol. The van der Waals surface area contributed by atoms with Crippen molar-refractivity contribution in [2.24, 2.45) is 5.92 Å². The zero-order valence-electron chi connectivity index (χ0n) is 11.0. The van der Waals surface area contributed by atoms with E-state index in [1.807, 2.05) is 4.90 Å². The number of carbonyl (C=O) groups is 1. The third-order valence-electron chi connectivity index (χ3n) is 4.48. The number of rotatable bonds is 2. The molecule has 3 heterocycles. The van der Waals surface area contributed by atoms with Crippen molar-refractivity contribution in [3.8, 4) is 0 Å². The van der Waals surface area contributed by atoms with Crippen LogP contribution in [0.4, 0.5) is 0 Å². The lowest BCUT2D eigenvalue weighted by molar-refractivity contribution is -0.137. The van der Waals surface area contributed by atoms with Gasteiger partial charge >= 0.3 is 0 Å². The van der Waals surface area contributed by atoms with Crippen molar-refractivity contribution < 1.29 is 13.2 Å². The van der Waals surface area contributed by atoms with E-state index in [2.05, 4.69) is 10.2 Å². The number of hydrogen-bond acceptors (Lipinski definition) is 5. The summed E-state index contributed by atoms with van der Waals surface area (Å²) in [6, 6.07) is 0.629. The lowest BCUT2D eigenvalue weighted by atomic mass is 10.1. The molecule has 1 unspecified atom stereocenters. The molecule has 0 spiro atoms. The standard InChI is InChI=1S/C12H21N3O3S/c16-12(10-1-6-19(17,18)9-10)15-4-2-14(3-5-15)11-7-13-8-11/h10-11,13H,1-9H2. The fourth-order valence-corrected chi connectivity index (χ4v) is 4.82. The van der Waals surface area contributed by atoms with Gasteiger partial charge in [0.25, 0.3) is 0 Å². The van der Waals surface area contributed by atoms with Crippen molar-refractivity contribution in [2.45, 2.75) is 12.5 Å². The molecule has 0 saturated carbocycles. The molecule has 0 aromatic heterocycles. The van der Waals surface area contributed by atoms with Gasteiger partial charge in [-0.05, 0) is 6.42 Å². The maximum absolute atomic E-state index is 12.3. The molecule has 3 fully saturated rings. The molecule has 108 valence electrons. The minimum absolute atomic E-state index is 0.0486. The van der Waals surface area contributed by atoms with Gasteiger partial charge in [-0.25, -0.2) is 8.42 Å². The van der Waals surface area contributed by atoms with E-state index in [1.54, 1.807) is 0 Å². The second kappa shape index (κ2) is 5.03. The normalized spacial score (nSPS) is 32.2. The maximum Gasteiger partial charge on any atom is 0.226 e. The van der Waals surface area contributed by atoms with Crippen molar-refractivity contribution >= 4 is 15.7 Å². The molecule has 6 nitrogen and oxygen atoms in total. The Kier molecular flexibility index (Phi) is 3.53. The van der Waals surface area contributed by atoms with E-state index in [9.17, 15) is 13.2 Å². The monoisotopic (exact) mass is 287 g/mol. The van der Waals surface area contributed by atoms with Gasteiger partial charge in [0.05, 0.1) is 17.4 Å². The predicted molar refractivity (Wildman–Crippen MR) is 71.6 cm³/mol. The van der Waals surface area contributed by atoms with Gasteiger partial charge in [-0.1, -0.05) is 0 Å². The molecule has 3 rings (SSSR count). The zero-order valence-corrected chi connectivity index (χ0v) is 11.9. The van der Waals surface area contributed by atoms with E-state index in [-0.39, 0.29) is 23.3 Å². The summed E-state index contributed by atoms with van der Waals surface area (Å²) in [5.74, 6) is -0.00946. The molecule has 0 aromatic rings. The minimum atomic E-state index is -2.96. The first kappa shape index (κ1) is 13.3. The highest BCUT2D eigenvalue weighted by Crippen LogP contribution is 2.21. The van der Waals surface area contributed by atoms with Crippen molar-refractivity contribution in [3.05, 3.63) is 0 Å². The summed E-state index contributed by atoms with van der Waals surface area (Å²) in [7, 11) is -2.96. The highest BCUT2D eigenvalue weighted by atomic mass is 32.2. The van der Waals surface area contributed by atoms with Crippen LogP contribution in [0.2, 0.25) is 0 Å². The molecule has 0 aromatic carbocycles. The Morgan fingerprint density at radius 1 is 1.11 bits per heavy atom. The van der Waals surface area contributed by atoms with Crippen LogP contribution in [-0.2, 0) is 14.6 Å². The lowest BCUT2D eigenvalue weighted by Gasteiger charge is -2.43. The van der Waals surface area contributed by atoms with E-state index in [0.717, 1.165) is 39.3 Å². The molecule has 19 heavy (non-hydrogen) atoms. The Labute approximate surface area is 114 Å². The topological polar surface area (TPSA) is 69.7 Å². The van der Waals surface area contributed by atoms with Crippen LogP contribution in [0.15, 0.2) is 0 Å². The van der Waals surface area contributed by atoms with Crippen LogP contribution < -0.4 is 5.32 Å². The third kappa shape index (κ3) is 2.78. The van der Waals surface area contributed by atoms with Crippen LogP contribution in [0.5, 0.6) is 0 Å². The second-order valence-corrected chi connectivity index (χ2v) is 8.00. The zero-order chi connectivity index (χ0) is 13.5. The molecule has 3 saturated heterocycles. The Morgan fingerprint density at radius 3 is 2.26 bits per heavy atom. The number of amides is 1. The van der Waals surface area contributed by atoms with Crippen LogP contribution in [-0.4, -0.2) is 80.9 Å².